The van der Waals surface area contributed by atoms with Gasteiger partial charge in [-0.1, -0.05) is 25.7 Å². The second-order valence-electron chi connectivity index (χ2n) is 11.5. The lowest BCUT2D eigenvalue weighted by molar-refractivity contribution is -0.139. The summed E-state index contributed by atoms with van der Waals surface area (Å²) in [7, 11) is -1.44. The summed E-state index contributed by atoms with van der Waals surface area (Å²) >= 11 is 0. The molecule has 0 fully saturated rings. The van der Waals surface area contributed by atoms with Gasteiger partial charge in [0.2, 0.25) is 5.95 Å². The first-order chi connectivity index (χ1) is 20.4. The zero-order chi connectivity index (χ0) is 32.9. The predicted molar refractivity (Wildman–Crippen MR) is 152 cm³/mol. The number of primary amides is 1. The Labute approximate surface area is 250 Å². The molecule has 0 saturated heterocycles. The van der Waals surface area contributed by atoms with Crippen LogP contribution in [0.3, 0.4) is 0 Å². The zero-order valence-corrected chi connectivity index (χ0v) is 25.6. The van der Waals surface area contributed by atoms with E-state index in [1.807, 2.05) is 0 Å². The Bertz CT molecular complexity index is 1380. The number of amides is 1. The van der Waals surface area contributed by atoms with E-state index in [2.05, 4.69) is 40.0 Å². The quantitative estimate of drug-likeness (QED) is 0.143. The van der Waals surface area contributed by atoms with Gasteiger partial charge < -0.3 is 25.4 Å². The summed E-state index contributed by atoms with van der Waals surface area (Å²) < 4.78 is 91.7. The second-order valence-corrected chi connectivity index (χ2v) is 17.1. The number of carbonyl (C=O) groups is 1. The van der Waals surface area contributed by atoms with Crippen LogP contribution in [-0.2, 0) is 33.4 Å². The summed E-state index contributed by atoms with van der Waals surface area (Å²) in [6.45, 7) is 7.82. The summed E-state index contributed by atoms with van der Waals surface area (Å²) in [5.74, 6) is -0.770. The van der Waals surface area contributed by atoms with E-state index in [1.54, 1.807) is 11.0 Å². The van der Waals surface area contributed by atoms with Crippen molar-refractivity contribution in [2.45, 2.75) is 70.3 Å². The summed E-state index contributed by atoms with van der Waals surface area (Å²) in [5.41, 5.74) is 1.65. The Balaban J connectivity index is 1.64. The number of hydrogen-bond acceptors (Lipinski definition) is 9. The highest BCUT2D eigenvalue weighted by Gasteiger charge is 2.39. The van der Waals surface area contributed by atoms with E-state index >= 15 is 0 Å². The van der Waals surface area contributed by atoms with Gasteiger partial charge in [0.1, 0.15) is 12.3 Å². The molecular weight excluding hydrogens is 616 g/mol. The normalized spacial score (nSPS) is 16.0. The molecule has 44 heavy (non-hydrogen) atoms. The van der Waals surface area contributed by atoms with Gasteiger partial charge >= 0.3 is 12.4 Å². The van der Waals surface area contributed by atoms with Crippen LogP contribution in [0.15, 0.2) is 35.0 Å². The molecule has 3 heterocycles. The lowest BCUT2D eigenvalue weighted by atomic mass is 10.0. The molecule has 0 aliphatic carbocycles. The first kappa shape index (κ1) is 35.0. The van der Waals surface area contributed by atoms with Crippen LogP contribution in [0.5, 0.6) is 0 Å². The Morgan fingerprint density at radius 1 is 1.11 bits per heavy atom. The van der Waals surface area contributed by atoms with E-state index in [9.17, 15) is 35.9 Å². The molecule has 1 aliphatic heterocycles. The number of nitrogens with two attached hydrogens (primary N) is 1. The number of nitrogens with zero attached hydrogens (tertiary/aromatic N) is 5. The van der Waals surface area contributed by atoms with Crippen molar-refractivity contribution in [3.05, 3.63) is 51.7 Å². The van der Waals surface area contributed by atoms with E-state index in [1.165, 1.54) is 6.92 Å². The number of nitrogens with one attached hydrogen (secondary N) is 1. The molecule has 11 nitrogen and oxygen atoms in total. The molecule has 0 bridgehead atoms. The molecule has 0 spiro atoms. The Morgan fingerprint density at radius 3 is 2.30 bits per heavy atom. The van der Waals surface area contributed by atoms with Crippen molar-refractivity contribution in [3.63, 3.8) is 0 Å². The maximum Gasteiger partial charge on any atom is 0.423 e. The number of halogens is 6. The minimum atomic E-state index is -4.99. The zero-order valence-electron chi connectivity index (χ0n) is 24.6. The monoisotopic (exact) mass is 651 g/mol. The molecule has 1 unspecified atom stereocenters. The van der Waals surface area contributed by atoms with Crippen molar-refractivity contribution < 1.29 is 40.6 Å². The maximum atomic E-state index is 13.9. The SMILES string of the molecule is C[C@@H](COC(C(N)=O)C1=CCN(c2ncc(C(F)(F)F)cn2)CC1)Nc1cnn(COCC[Si](C)(C)C)c(=O)c1C(F)(F)F. The Kier molecular flexibility index (Phi) is 11.2. The van der Waals surface area contributed by atoms with Crippen molar-refractivity contribution in [1.82, 2.24) is 19.7 Å². The van der Waals surface area contributed by atoms with Gasteiger partial charge in [0.05, 0.1) is 24.1 Å². The van der Waals surface area contributed by atoms with Crippen molar-refractivity contribution in [2.24, 2.45) is 5.73 Å². The summed E-state index contributed by atoms with van der Waals surface area (Å²) in [4.78, 5) is 33.9. The standard InChI is InChI=1S/C26H35F6N7O4Si/c1-16(37-19-13-36-39(15-42-9-10-44(2,3)4)23(41)20(19)26(30,31)32)14-43-21(22(33)40)17-5-7-38(8-6-17)24-34-11-18(12-35-24)25(27,28)29/h5,11-13,16,21,37H,6-10,14-15H2,1-4H3,(H2,33,40)/t16-,21?/m0/s1. The van der Waals surface area contributed by atoms with Gasteiger partial charge in [-0.15, -0.1) is 0 Å². The lowest BCUT2D eigenvalue weighted by Gasteiger charge is -2.29. The van der Waals surface area contributed by atoms with Crippen molar-refractivity contribution in [3.8, 4) is 0 Å². The van der Waals surface area contributed by atoms with Gasteiger partial charge in [0, 0.05) is 46.2 Å². The molecule has 0 radical (unpaired) electrons. The van der Waals surface area contributed by atoms with E-state index in [0.29, 0.717) is 22.6 Å². The Hall–Kier alpha value is -3.51. The third kappa shape index (κ3) is 9.75. The topological polar surface area (TPSA) is 137 Å². The molecule has 3 rings (SSSR count). The highest BCUT2D eigenvalue weighted by atomic mass is 28.3. The van der Waals surface area contributed by atoms with Gasteiger partial charge in [0.25, 0.3) is 11.5 Å². The number of aromatic nitrogens is 4. The first-order valence-electron chi connectivity index (χ1n) is 13.6. The van der Waals surface area contributed by atoms with E-state index in [-0.39, 0.29) is 38.7 Å². The lowest BCUT2D eigenvalue weighted by Crippen LogP contribution is -2.40. The average molecular weight is 652 g/mol. The van der Waals surface area contributed by atoms with Crippen molar-refractivity contribution in [2.75, 3.05) is 36.5 Å². The number of rotatable bonds is 13. The summed E-state index contributed by atoms with van der Waals surface area (Å²) in [6.07, 6.45) is -6.69. The van der Waals surface area contributed by atoms with Crippen LogP contribution >= 0.6 is 0 Å². The maximum absolute atomic E-state index is 13.9. The molecule has 2 aromatic rings. The predicted octanol–water partition coefficient (Wildman–Crippen LogP) is 3.89. The molecule has 0 aromatic carbocycles. The Morgan fingerprint density at radius 2 is 1.77 bits per heavy atom. The molecule has 244 valence electrons. The number of hydrogen-bond donors (Lipinski definition) is 2. The van der Waals surface area contributed by atoms with Crippen molar-refractivity contribution in [1.29, 1.82) is 0 Å². The van der Waals surface area contributed by atoms with Gasteiger partial charge in [-0.05, 0) is 25.0 Å². The van der Waals surface area contributed by atoms with Crippen molar-refractivity contribution >= 4 is 25.6 Å². The van der Waals surface area contributed by atoms with Crippen LogP contribution in [0.2, 0.25) is 25.7 Å². The van der Waals surface area contributed by atoms with E-state index in [4.69, 9.17) is 15.2 Å². The molecule has 1 amide bonds. The minimum absolute atomic E-state index is 0.0665. The van der Waals surface area contributed by atoms with Crippen LogP contribution in [0, 0.1) is 0 Å². The molecule has 1 aliphatic rings. The first-order valence-corrected chi connectivity index (χ1v) is 17.3. The largest absolute Gasteiger partial charge is 0.423 e. The van der Waals surface area contributed by atoms with Gasteiger partial charge in [-0.3, -0.25) is 9.59 Å². The fourth-order valence-corrected chi connectivity index (χ4v) is 4.91. The van der Waals surface area contributed by atoms with Crippen LogP contribution in [-0.4, -0.2) is 72.2 Å². The minimum Gasteiger partial charge on any atom is -0.378 e. The highest BCUT2D eigenvalue weighted by Crippen LogP contribution is 2.32. The summed E-state index contributed by atoms with van der Waals surface area (Å²) in [6, 6.07) is -0.0516. The van der Waals surface area contributed by atoms with E-state index < -0.39 is 67.6 Å². The van der Waals surface area contributed by atoms with Gasteiger partial charge in [0.15, 0.2) is 6.10 Å². The van der Waals surface area contributed by atoms with Crippen LogP contribution < -0.4 is 21.5 Å². The molecule has 2 atom stereocenters. The van der Waals surface area contributed by atoms with Crippen LogP contribution in [0.25, 0.3) is 0 Å². The number of carbonyl (C=O) groups excluding carboxylic acids is 1. The molecule has 3 N–H and O–H groups in total. The van der Waals surface area contributed by atoms with E-state index in [0.717, 1.165) is 12.2 Å². The van der Waals surface area contributed by atoms with Crippen LogP contribution in [0.4, 0.5) is 38.0 Å². The molecule has 0 saturated carbocycles. The molecule has 18 heteroatoms. The van der Waals surface area contributed by atoms with Gasteiger partial charge in [-0.2, -0.15) is 31.4 Å². The molecule has 2 aromatic heterocycles. The third-order valence-electron chi connectivity index (χ3n) is 6.54. The molecular formula is C26H35F6N7O4Si. The number of anilines is 2. The highest BCUT2D eigenvalue weighted by molar-refractivity contribution is 6.76. The third-order valence-corrected chi connectivity index (χ3v) is 8.24. The fourth-order valence-electron chi connectivity index (χ4n) is 4.15. The number of ether oxygens (including phenoxy) is 2. The summed E-state index contributed by atoms with van der Waals surface area (Å²) in [5, 5.41) is 6.40. The smallest absolute Gasteiger partial charge is 0.378 e. The average Bonchev–Trinajstić information content (AvgIpc) is 2.90. The van der Waals surface area contributed by atoms with Crippen LogP contribution in [0.1, 0.15) is 24.5 Å². The second kappa shape index (κ2) is 14.1. The number of alkyl halides is 6. The fraction of sp³-hybridized carbons (Fsp3) is 0.577. The van der Waals surface area contributed by atoms with Gasteiger partial charge in [-0.25, -0.2) is 14.6 Å².